The van der Waals surface area contributed by atoms with Crippen LogP contribution in [0.3, 0.4) is 0 Å². The number of carboxylic acid groups (broad SMARTS) is 1. The zero-order valence-electron chi connectivity index (χ0n) is 29.0. The predicted molar refractivity (Wildman–Crippen MR) is 182 cm³/mol. The van der Waals surface area contributed by atoms with Gasteiger partial charge in [0.1, 0.15) is 17.2 Å². The lowest BCUT2D eigenvalue weighted by molar-refractivity contribution is -0.160. The van der Waals surface area contributed by atoms with Gasteiger partial charge in [-0.15, -0.1) is 0 Å². The molecule has 0 fully saturated rings. The van der Waals surface area contributed by atoms with Crippen LogP contribution in [0.5, 0.6) is 5.75 Å². The topological polar surface area (TPSA) is 90.7 Å². The number of nitrogens with zero attached hydrogens (tertiary/aromatic N) is 2. The van der Waals surface area contributed by atoms with Crippen LogP contribution in [0, 0.1) is 31.4 Å². The molecule has 5 rings (SSSR count). The standard InChI is InChI=1S/C39H46F2N2O5/c1-8-25(14-11-24-12-15-26(40)16-13-24)32(44)18-17-27-20-30-34(29-21-31(41)35-28(22(29)2)10-9-19-47-35)33(23(3)42-37(30)43(27)7)36(38(45)46)48-39(4,5)6/h12-13,15-16,20-21,25,36H,8-11,14,17-19H2,1-7H3,(H,45,46). The smallest absolute Gasteiger partial charge is 0.337 e. The van der Waals surface area contributed by atoms with Gasteiger partial charge in [-0.3, -0.25) is 4.79 Å². The number of rotatable bonds is 12. The first-order valence-corrected chi connectivity index (χ1v) is 16.8. The van der Waals surface area contributed by atoms with Crippen LogP contribution >= 0.6 is 0 Å². The van der Waals surface area contributed by atoms with Gasteiger partial charge >= 0.3 is 5.97 Å². The number of hydrogen-bond acceptors (Lipinski definition) is 5. The van der Waals surface area contributed by atoms with Crippen molar-refractivity contribution in [3.05, 3.63) is 81.7 Å². The number of ether oxygens (including phenoxy) is 2. The third-order valence-corrected chi connectivity index (χ3v) is 9.44. The van der Waals surface area contributed by atoms with E-state index in [0.29, 0.717) is 78.5 Å². The maximum atomic E-state index is 15.7. The monoisotopic (exact) mass is 660 g/mol. The van der Waals surface area contributed by atoms with Gasteiger partial charge < -0.3 is 19.1 Å². The van der Waals surface area contributed by atoms with Gasteiger partial charge in [-0.25, -0.2) is 18.6 Å². The van der Waals surface area contributed by atoms with Gasteiger partial charge in [0, 0.05) is 52.9 Å². The van der Waals surface area contributed by atoms with Crippen molar-refractivity contribution in [1.29, 1.82) is 0 Å². The second kappa shape index (κ2) is 14.2. The molecule has 2 atom stereocenters. The summed E-state index contributed by atoms with van der Waals surface area (Å²) in [6, 6.07) is 9.79. The first-order chi connectivity index (χ1) is 22.7. The third-order valence-electron chi connectivity index (χ3n) is 9.44. The van der Waals surface area contributed by atoms with Crippen LogP contribution in [-0.2, 0) is 40.6 Å². The minimum atomic E-state index is -1.36. The van der Waals surface area contributed by atoms with Crippen molar-refractivity contribution in [2.45, 2.75) is 98.2 Å². The van der Waals surface area contributed by atoms with Crippen molar-refractivity contribution in [3.63, 3.8) is 0 Å². The molecule has 0 saturated carbocycles. The van der Waals surface area contributed by atoms with E-state index in [4.69, 9.17) is 14.5 Å². The Morgan fingerprint density at radius 1 is 1.10 bits per heavy atom. The molecule has 9 heteroatoms. The number of carboxylic acids is 1. The van der Waals surface area contributed by atoms with E-state index in [2.05, 4.69) is 0 Å². The molecule has 0 saturated heterocycles. The number of aryl methyl sites for hydroxylation is 4. The van der Waals surface area contributed by atoms with Gasteiger partial charge in [0.05, 0.1) is 12.2 Å². The molecule has 2 aromatic carbocycles. The lowest BCUT2D eigenvalue weighted by atomic mass is 9.86. The number of Topliss-reactive ketones (excluding diaryl/α,β-unsaturated/α-hetero) is 1. The molecule has 0 amide bonds. The molecule has 0 radical (unpaired) electrons. The summed E-state index contributed by atoms with van der Waals surface area (Å²) in [5.41, 5.74) is 5.28. The molecule has 256 valence electrons. The van der Waals surface area contributed by atoms with Gasteiger partial charge in [0.25, 0.3) is 0 Å². The Labute approximate surface area is 281 Å². The number of hydrogen-bond donors (Lipinski definition) is 1. The number of halogens is 2. The summed E-state index contributed by atoms with van der Waals surface area (Å²) in [5.74, 6) is -1.64. The van der Waals surface area contributed by atoms with E-state index in [1.165, 1.54) is 18.2 Å². The largest absolute Gasteiger partial charge is 0.490 e. The molecule has 0 bridgehead atoms. The average Bonchev–Trinajstić information content (AvgIpc) is 3.35. The summed E-state index contributed by atoms with van der Waals surface area (Å²) in [6.07, 6.45) is 2.91. The van der Waals surface area contributed by atoms with E-state index in [9.17, 15) is 19.1 Å². The molecule has 1 aliphatic rings. The molecule has 1 N–H and O–H groups in total. The Hall–Kier alpha value is -4.11. The Bertz CT molecular complexity index is 1840. The Balaban J connectivity index is 1.57. The van der Waals surface area contributed by atoms with Crippen LogP contribution in [0.2, 0.25) is 0 Å². The quantitative estimate of drug-likeness (QED) is 0.164. The highest BCUT2D eigenvalue weighted by atomic mass is 19.1. The minimum absolute atomic E-state index is 0.124. The zero-order chi connectivity index (χ0) is 34.9. The molecule has 0 aliphatic carbocycles. The normalized spacial score (nSPS) is 14.4. The van der Waals surface area contributed by atoms with E-state index >= 15 is 4.39 Å². The summed E-state index contributed by atoms with van der Waals surface area (Å²) in [5, 5.41) is 11.1. The molecule has 7 nitrogen and oxygen atoms in total. The highest BCUT2D eigenvalue weighted by Gasteiger charge is 2.34. The van der Waals surface area contributed by atoms with Crippen LogP contribution in [0.1, 0.15) is 93.1 Å². The number of aromatic nitrogens is 2. The van der Waals surface area contributed by atoms with E-state index < -0.39 is 23.5 Å². The zero-order valence-corrected chi connectivity index (χ0v) is 29.0. The lowest BCUT2D eigenvalue weighted by Crippen LogP contribution is -2.28. The minimum Gasteiger partial charge on any atom is -0.490 e. The number of aliphatic carboxylic acids is 1. The molecule has 3 heterocycles. The average molecular weight is 661 g/mol. The SMILES string of the molecule is CCC(CCc1ccc(F)cc1)C(=O)CCc1cc2c(-c3cc(F)c4c(c3C)CCCO4)c(C(OC(C)(C)C)C(=O)O)c(C)nc2n1C. The summed E-state index contributed by atoms with van der Waals surface area (Å²) in [7, 11) is 1.89. The fourth-order valence-electron chi connectivity index (χ4n) is 6.90. The molecular formula is C39H46F2N2O5. The van der Waals surface area contributed by atoms with Gasteiger partial charge in [-0.2, -0.15) is 0 Å². The lowest BCUT2D eigenvalue weighted by Gasteiger charge is -2.29. The van der Waals surface area contributed by atoms with E-state index in [1.807, 2.05) is 31.5 Å². The second-order valence-corrected chi connectivity index (χ2v) is 13.9. The van der Waals surface area contributed by atoms with Gasteiger partial charge in [0.15, 0.2) is 17.7 Å². The van der Waals surface area contributed by atoms with Gasteiger partial charge in [-0.1, -0.05) is 19.1 Å². The van der Waals surface area contributed by atoms with Crippen LogP contribution in [-0.4, -0.2) is 38.6 Å². The number of ketones is 1. The van der Waals surface area contributed by atoms with Crippen molar-refractivity contribution < 1.29 is 33.0 Å². The van der Waals surface area contributed by atoms with Crippen molar-refractivity contribution >= 4 is 22.8 Å². The van der Waals surface area contributed by atoms with Crippen molar-refractivity contribution in [2.24, 2.45) is 13.0 Å². The van der Waals surface area contributed by atoms with Crippen LogP contribution in [0.4, 0.5) is 8.78 Å². The highest BCUT2D eigenvalue weighted by molar-refractivity contribution is 5.99. The van der Waals surface area contributed by atoms with Crippen molar-refractivity contribution in [2.75, 3.05) is 6.61 Å². The van der Waals surface area contributed by atoms with Crippen molar-refractivity contribution in [1.82, 2.24) is 9.55 Å². The Morgan fingerprint density at radius 3 is 2.46 bits per heavy atom. The molecular weight excluding hydrogens is 614 g/mol. The summed E-state index contributed by atoms with van der Waals surface area (Å²) < 4.78 is 42.9. The summed E-state index contributed by atoms with van der Waals surface area (Å²) >= 11 is 0. The fraction of sp³-hybridized carbons (Fsp3) is 0.462. The molecule has 2 aromatic heterocycles. The van der Waals surface area contributed by atoms with E-state index in [0.717, 1.165) is 28.8 Å². The number of benzene rings is 2. The summed E-state index contributed by atoms with van der Waals surface area (Å²) in [4.78, 5) is 31.2. The van der Waals surface area contributed by atoms with E-state index in [-0.39, 0.29) is 23.3 Å². The Morgan fingerprint density at radius 2 is 1.81 bits per heavy atom. The van der Waals surface area contributed by atoms with Crippen LogP contribution < -0.4 is 4.74 Å². The van der Waals surface area contributed by atoms with Gasteiger partial charge in [-0.05, 0) is 114 Å². The van der Waals surface area contributed by atoms with E-state index in [1.54, 1.807) is 39.8 Å². The maximum absolute atomic E-state index is 15.7. The first kappa shape index (κ1) is 35.2. The molecule has 4 aromatic rings. The number of carbonyl (C=O) groups is 2. The van der Waals surface area contributed by atoms with Gasteiger partial charge in [0.2, 0.25) is 0 Å². The van der Waals surface area contributed by atoms with Crippen LogP contribution in [0.25, 0.3) is 22.2 Å². The highest BCUT2D eigenvalue weighted by Crippen LogP contribution is 2.45. The third kappa shape index (κ3) is 7.31. The number of carbonyl (C=O) groups excluding carboxylic acids is 1. The second-order valence-electron chi connectivity index (χ2n) is 13.9. The summed E-state index contributed by atoms with van der Waals surface area (Å²) in [6.45, 7) is 11.5. The number of pyridine rings is 1. The Kier molecular flexibility index (Phi) is 10.4. The van der Waals surface area contributed by atoms with Crippen molar-refractivity contribution in [3.8, 4) is 16.9 Å². The molecule has 48 heavy (non-hydrogen) atoms. The molecule has 2 unspecified atom stereocenters. The fourth-order valence-corrected chi connectivity index (χ4v) is 6.90. The van der Waals surface area contributed by atoms with Crippen LogP contribution in [0.15, 0.2) is 36.4 Å². The number of fused-ring (bicyclic) bond motifs is 2. The maximum Gasteiger partial charge on any atom is 0.337 e. The molecule has 0 spiro atoms. The predicted octanol–water partition coefficient (Wildman–Crippen LogP) is 8.56. The molecule has 1 aliphatic heterocycles. The first-order valence-electron chi connectivity index (χ1n) is 16.8.